The van der Waals surface area contributed by atoms with Crippen LogP contribution in [0.5, 0.6) is 0 Å². The first kappa shape index (κ1) is 32.4. The Hall–Kier alpha value is -7.00. The van der Waals surface area contributed by atoms with Crippen LogP contribution in [0.3, 0.4) is 0 Å². The fraction of sp³-hybridized carbons (Fsp3) is 0. The van der Waals surface area contributed by atoms with Crippen LogP contribution >= 0.6 is 11.3 Å². The highest BCUT2D eigenvalue weighted by Gasteiger charge is 2.18. The fourth-order valence-corrected chi connectivity index (χ4v) is 9.71. The zero-order chi connectivity index (χ0) is 37.0. The molecule has 1 nitrogen and oxygen atoms in total. The molecular formula is C54H35NS. The quantitative estimate of drug-likeness (QED) is 0.154. The van der Waals surface area contributed by atoms with Gasteiger partial charge in [-0.1, -0.05) is 170 Å². The molecule has 1 heterocycles. The molecule has 0 N–H and O–H groups in total. The topological polar surface area (TPSA) is 3.24 Å². The van der Waals surface area contributed by atoms with Gasteiger partial charge in [0.1, 0.15) is 0 Å². The second kappa shape index (κ2) is 13.4. The third-order valence-electron chi connectivity index (χ3n) is 11.2. The summed E-state index contributed by atoms with van der Waals surface area (Å²) in [5.74, 6) is 0. The minimum atomic E-state index is 1.11. The average molecular weight is 730 g/mol. The lowest BCUT2D eigenvalue weighted by Gasteiger charge is -2.28. The molecule has 0 aliphatic heterocycles. The van der Waals surface area contributed by atoms with Gasteiger partial charge in [-0.15, -0.1) is 11.3 Å². The highest BCUT2D eigenvalue weighted by atomic mass is 32.1. The van der Waals surface area contributed by atoms with Crippen LogP contribution in [0.4, 0.5) is 17.1 Å². The van der Waals surface area contributed by atoms with Crippen molar-refractivity contribution in [2.75, 3.05) is 4.90 Å². The third kappa shape index (κ3) is 5.54. The van der Waals surface area contributed by atoms with Crippen LogP contribution in [-0.2, 0) is 0 Å². The number of fused-ring (bicyclic) bond motifs is 7. The van der Waals surface area contributed by atoms with Gasteiger partial charge in [0.05, 0.1) is 5.69 Å². The molecule has 0 atom stereocenters. The summed E-state index contributed by atoms with van der Waals surface area (Å²) in [5, 5.41) is 10.2. The maximum Gasteiger partial charge on any atom is 0.0546 e. The lowest BCUT2D eigenvalue weighted by molar-refractivity contribution is 1.30. The second-order valence-corrected chi connectivity index (χ2v) is 15.6. The van der Waals surface area contributed by atoms with Crippen molar-refractivity contribution in [3.05, 3.63) is 212 Å². The standard InChI is InChI=1S/C54H35NS/c1-2-10-36(11-3-1)37-20-22-38(23-21-37)39-26-30-45(31-27-39)55(51-19-8-15-42-25-24-40-12-6-7-16-47(40)53(42)51)46-32-28-41(29-33-46)48-17-9-18-49-50-34-43-13-4-5-14-44(43)35-52(50)56-54(48)49/h1-35H. The Labute approximate surface area is 330 Å². The van der Waals surface area contributed by atoms with Crippen molar-refractivity contribution in [3.63, 3.8) is 0 Å². The molecule has 0 fully saturated rings. The van der Waals surface area contributed by atoms with E-state index in [2.05, 4.69) is 217 Å². The first-order valence-corrected chi connectivity index (χ1v) is 20.0. The molecule has 0 aliphatic rings. The van der Waals surface area contributed by atoms with Crippen molar-refractivity contribution in [2.45, 2.75) is 0 Å². The summed E-state index contributed by atoms with van der Waals surface area (Å²) in [6.45, 7) is 0. The number of benzene rings is 10. The van der Waals surface area contributed by atoms with E-state index in [-0.39, 0.29) is 0 Å². The van der Waals surface area contributed by atoms with E-state index in [9.17, 15) is 0 Å². The molecule has 11 rings (SSSR count). The molecule has 0 radical (unpaired) electrons. The molecule has 0 saturated carbocycles. The predicted molar refractivity (Wildman–Crippen MR) is 243 cm³/mol. The van der Waals surface area contributed by atoms with Crippen LogP contribution in [0.15, 0.2) is 212 Å². The van der Waals surface area contributed by atoms with Gasteiger partial charge in [0.2, 0.25) is 0 Å². The summed E-state index contributed by atoms with van der Waals surface area (Å²) in [4.78, 5) is 2.42. The molecule has 1 aromatic heterocycles. The summed E-state index contributed by atoms with van der Waals surface area (Å²) in [6, 6.07) is 77.6. The van der Waals surface area contributed by atoms with Gasteiger partial charge in [-0.25, -0.2) is 0 Å². The first-order chi connectivity index (χ1) is 27.7. The minimum Gasteiger partial charge on any atom is -0.310 e. The lowest BCUT2D eigenvalue weighted by atomic mass is 9.98. The van der Waals surface area contributed by atoms with Crippen molar-refractivity contribution in [2.24, 2.45) is 0 Å². The Bertz CT molecular complexity index is 3210. The van der Waals surface area contributed by atoms with Crippen molar-refractivity contribution in [1.82, 2.24) is 0 Å². The summed E-state index contributed by atoms with van der Waals surface area (Å²) in [6.07, 6.45) is 0. The summed E-state index contributed by atoms with van der Waals surface area (Å²) in [7, 11) is 0. The number of hydrogen-bond donors (Lipinski definition) is 0. The average Bonchev–Trinajstić information content (AvgIpc) is 3.64. The van der Waals surface area contributed by atoms with Gasteiger partial charge in [0, 0.05) is 36.9 Å². The minimum absolute atomic E-state index is 1.11. The van der Waals surface area contributed by atoms with Crippen LogP contribution in [-0.4, -0.2) is 0 Å². The SMILES string of the molecule is c1ccc(-c2ccc(-c3ccc(N(c4ccc(-c5cccc6c5sc5cc7ccccc7cc56)cc4)c4cccc5ccc6ccccc6c45)cc3)cc2)cc1. The van der Waals surface area contributed by atoms with Crippen LogP contribution in [0, 0.1) is 0 Å². The van der Waals surface area contributed by atoms with E-state index < -0.39 is 0 Å². The highest BCUT2D eigenvalue weighted by Crippen LogP contribution is 2.45. The van der Waals surface area contributed by atoms with Crippen molar-refractivity contribution >= 4 is 80.9 Å². The smallest absolute Gasteiger partial charge is 0.0546 e. The number of nitrogens with zero attached hydrogens (tertiary/aromatic N) is 1. The van der Waals surface area contributed by atoms with Gasteiger partial charge in [-0.05, 0) is 103 Å². The normalized spacial score (nSPS) is 11.6. The molecule has 56 heavy (non-hydrogen) atoms. The Morgan fingerprint density at radius 1 is 0.321 bits per heavy atom. The summed E-state index contributed by atoms with van der Waals surface area (Å²) < 4.78 is 2.66. The number of thiophene rings is 1. The molecule has 0 unspecified atom stereocenters. The molecule has 262 valence electrons. The van der Waals surface area contributed by atoms with E-state index in [1.165, 1.54) is 85.9 Å². The van der Waals surface area contributed by atoms with Crippen LogP contribution < -0.4 is 4.90 Å². The lowest BCUT2D eigenvalue weighted by Crippen LogP contribution is -2.10. The van der Waals surface area contributed by atoms with Gasteiger partial charge < -0.3 is 4.90 Å². The molecule has 0 spiro atoms. The molecule has 0 aliphatic carbocycles. The van der Waals surface area contributed by atoms with Gasteiger partial charge >= 0.3 is 0 Å². The summed E-state index contributed by atoms with van der Waals surface area (Å²) in [5.41, 5.74) is 10.7. The van der Waals surface area contributed by atoms with E-state index in [0.717, 1.165) is 17.1 Å². The fourth-order valence-electron chi connectivity index (χ4n) is 8.44. The third-order valence-corrected chi connectivity index (χ3v) is 12.4. The Balaban J connectivity index is 1.02. The van der Waals surface area contributed by atoms with E-state index in [4.69, 9.17) is 0 Å². The molecule has 10 aromatic carbocycles. The summed E-state index contributed by atoms with van der Waals surface area (Å²) >= 11 is 1.89. The number of rotatable bonds is 6. The van der Waals surface area contributed by atoms with Crippen molar-refractivity contribution in [3.8, 4) is 33.4 Å². The van der Waals surface area contributed by atoms with Gasteiger partial charge in [0.25, 0.3) is 0 Å². The van der Waals surface area contributed by atoms with Crippen LogP contribution in [0.2, 0.25) is 0 Å². The molecule has 0 amide bonds. The zero-order valence-electron chi connectivity index (χ0n) is 30.6. The molecule has 0 bridgehead atoms. The number of anilines is 3. The van der Waals surface area contributed by atoms with E-state index in [0.29, 0.717) is 0 Å². The van der Waals surface area contributed by atoms with Crippen LogP contribution in [0.1, 0.15) is 0 Å². The number of hydrogen-bond acceptors (Lipinski definition) is 2. The van der Waals surface area contributed by atoms with E-state index in [1.807, 2.05) is 11.3 Å². The monoisotopic (exact) mass is 729 g/mol. The van der Waals surface area contributed by atoms with Gasteiger partial charge in [-0.3, -0.25) is 0 Å². The Morgan fingerprint density at radius 3 is 1.55 bits per heavy atom. The Kier molecular flexibility index (Phi) is 7.75. The van der Waals surface area contributed by atoms with Crippen LogP contribution in [0.25, 0.3) is 85.9 Å². The van der Waals surface area contributed by atoms with Crippen molar-refractivity contribution < 1.29 is 0 Å². The maximum absolute atomic E-state index is 2.42. The van der Waals surface area contributed by atoms with Gasteiger partial charge in [-0.2, -0.15) is 0 Å². The largest absolute Gasteiger partial charge is 0.310 e. The predicted octanol–water partition coefficient (Wildman–Crippen LogP) is 16.0. The Morgan fingerprint density at radius 2 is 0.839 bits per heavy atom. The second-order valence-electron chi connectivity index (χ2n) is 14.5. The molecule has 2 heteroatoms. The van der Waals surface area contributed by atoms with E-state index >= 15 is 0 Å². The molecular weight excluding hydrogens is 695 g/mol. The highest BCUT2D eigenvalue weighted by molar-refractivity contribution is 7.26. The van der Waals surface area contributed by atoms with E-state index in [1.54, 1.807) is 0 Å². The molecule has 11 aromatic rings. The van der Waals surface area contributed by atoms with Gasteiger partial charge in [0.15, 0.2) is 0 Å². The molecule has 0 saturated heterocycles. The maximum atomic E-state index is 2.42. The first-order valence-electron chi connectivity index (χ1n) is 19.2. The van der Waals surface area contributed by atoms with Crippen molar-refractivity contribution in [1.29, 1.82) is 0 Å². The zero-order valence-corrected chi connectivity index (χ0v) is 31.4.